The van der Waals surface area contributed by atoms with Crippen molar-refractivity contribution in [1.82, 2.24) is 0 Å². The third-order valence-corrected chi connectivity index (χ3v) is 4.64. The van der Waals surface area contributed by atoms with Crippen molar-refractivity contribution < 1.29 is 24.4 Å². The SMILES string of the molecule is CCC(COCc1ccccc1)OC(C)OC.OCc1ccccc1.OCc1ccccc1. The maximum Gasteiger partial charge on any atom is 0.154 e. The molecule has 180 valence electrons. The summed E-state index contributed by atoms with van der Waals surface area (Å²) in [6.45, 7) is 5.47. The minimum Gasteiger partial charge on any atom is -0.392 e. The van der Waals surface area contributed by atoms with E-state index in [2.05, 4.69) is 19.1 Å². The van der Waals surface area contributed by atoms with Crippen molar-refractivity contribution in [3.8, 4) is 0 Å². The maximum absolute atomic E-state index is 8.54. The molecule has 3 aromatic rings. The van der Waals surface area contributed by atoms with Crippen molar-refractivity contribution in [1.29, 1.82) is 0 Å². The molecule has 5 nitrogen and oxygen atoms in total. The summed E-state index contributed by atoms with van der Waals surface area (Å²) < 4.78 is 16.3. The number of methoxy groups -OCH3 is 1. The zero-order valence-electron chi connectivity index (χ0n) is 20.0. The molecule has 0 spiro atoms. The number of hydrogen-bond acceptors (Lipinski definition) is 5. The van der Waals surface area contributed by atoms with E-state index >= 15 is 0 Å². The van der Waals surface area contributed by atoms with Gasteiger partial charge in [-0.05, 0) is 30.0 Å². The fourth-order valence-corrected chi connectivity index (χ4v) is 2.63. The number of rotatable bonds is 10. The number of aliphatic hydroxyl groups excluding tert-OH is 2. The van der Waals surface area contributed by atoms with E-state index in [-0.39, 0.29) is 25.6 Å². The third kappa shape index (κ3) is 14.3. The van der Waals surface area contributed by atoms with Gasteiger partial charge in [-0.3, -0.25) is 0 Å². The van der Waals surface area contributed by atoms with Crippen molar-refractivity contribution in [2.45, 2.75) is 52.5 Å². The van der Waals surface area contributed by atoms with Crippen molar-refractivity contribution in [3.05, 3.63) is 108 Å². The van der Waals surface area contributed by atoms with Crippen molar-refractivity contribution in [2.24, 2.45) is 0 Å². The van der Waals surface area contributed by atoms with Crippen molar-refractivity contribution in [3.63, 3.8) is 0 Å². The van der Waals surface area contributed by atoms with Crippen LogP contribution >= 0.6 is 0 Å². The molecular formula is C28H38O5. The second kappa shape index (κ2) is 19.0. The molecule has 3 rings (SSSR count). The number of aliphatic hydroxyl groups is 2. The summed E-state index contributed by atoms with van der Waals surface area (Å²) in [6.07, 6.45) is 0.830. The first kappa shape index (κ1) is 28.5. The monoisotopic (exact) mass is 454 g/mol. The van der Waals surface area contributed by atoms with Gasteiger partial charge in [0.1, 0.15) is 0 Å². The highest BCUT2D eigenvalue weighted by molar-refractivity contribution is 5.14. The lowest BCUT2D eigenvalue weighted by atomic mass is 10.2. The first-order valence-corrected chi connectivity index (χ1v) is 11.2. The summed E-state index contributed by atoms with van der Waals surface area (Å²) in [5.74, 6) is 0. The Morgan fingerprint density at radius 3 is 1.45 bits per heavy atom. The van der Waals surface area contributed by atoms with Gasteiger partial charge in [0.05, 0.1) is 32.5 Å². The molecule has 0 radical (unpaired) electrons. The van der Waals surface area contributed by atoms with Crippen LogP contribution in [0.1, 0.15) is 37.0 Å². The van der Waals surface area contributed by atoms with Gasteiger partial charge in [-0.25, -0.2) is 0 Å². The van der Waals surface area contributed by atoms with E-state index in [0.717, 1.165) is 17.5 Å². The predicted molar refractivity (Wildman–Crippen MR) is 132 cm³/mol. The van der Waals surface area contributed by atoms with E-state index in [0.29, 0.717) is 13.2 Å². The van der Waals surface area contributed by atoms with Gasteiger partial charge in [0.15, 0.2) is 6.29 Å². The summed E-state index contributed by atoms with van der Waals surface area (Å²) in [5.41, 5.74) is 3.11. The Kier molecular flexibility index (Phi) is 16.4. The minimum atomic E-state index is -0.180. The molecule has 0 aromatic heterocycles. The Morgan fingerprint density at radius 1 is 0.697 bits per heavy atom. The van der Waals surface area contributed by atoms with Gasteiger partial charge in [-0.15, -0.1) is 0 Å². The Morgan fingerprint density at radius 2 is 1.12 bits per heavy atom. The number of ether oxygens (including phenoxy) is 3. The average Bonchev–Trinajstić information content (AvgIpc) is 2.90. The van der Waals surface area contributed by atoms with E-state index in [1.807, 2.05) is 85.8 Å². The third-order valence-electron chi connectivity index (χ3n) is 4.64. The van der Waals surface area contributed by atoms with E-state index in [9.17, 15) is 0 Å². The molecule has 2 N–H and O–H groups in total. The smallest absolute Gasteiger partial charge is 0.154 e. The summed E-state index contributed by atoms with van der Waals surface area (Å²) in [6, 6.07) is 29.2. The van der Waals surface area contributed by atoms with Crippen LogP contribution in [0.3, 0.4) is 0 Å². The largest absolute Gasteiger partial charge is 0.392 e. The molecule has 0 aliphatic rings. The molecule has 2 unspecified atom stereocenters. The van der Waals surface area contributed by atoms with Crippen LogP contribution in [0.15, 0.2) is 91.0 Å². The van der Waals surface area contributed by atoms with Crippen molar-refractivity contribution in [2.75, 3.05) is 13.7 Å². The topological polar surface area (TPSA) is 68.2 Å². The molecule has 33 heavy (non-hydrogen) atoms. The van der Waals surface area contributed by atoms with E-state index in [4.69, 9.17) is 24.4 Å². The predicted octanol–water partition coefficient (Wildman–Crippen LogP) is 5.35. The fraction of sp³-hybridized carbons (Fsp3) is 0.357. The van der Waals surface area contributed by atoms with Gasteiger partial charge in [0.25, 0.3) is 0 Å². The Hall–Kier alpha value is -2.54. The normalized spacial score (nSPS) is 11.9. The molecule has 2 atom stereocenters. The molecule has 0 aliphatic carbocycles. The average molecular weight is 455 g/mol. The van der Waals surface area contributed by atoms with Crippen LogP contribution in [0.25, 0.3) is 0 Å². The van der Waals surface area contributed by atoms with Crippen molar-refractivity contribution >= 4 is 0 Å². The Labute approximate surface area is 198 Å². The lowest BCUT2D eigenvalue weighted by molar-refractivity contribution is -0.160. The number of hydrogen-bond donors (Lipinski definition) is 2. The highest BCUT2D eigenvalue weighted by Gasteiger charge is 2.11. The first-order chi connectivity index (χ1) is 16.1. The zero-order valence-corrected chi connectivity index (χ0v) is 20.0. The van der Waals surface area contributed by atoms with Crippen LogP contribution in [-0.4, -0.2) is 36.3 Å². The zero-order chi connectivity index (χ0) is 24.2. The maximum atomic E-state index is 8.54. The second-order valence-corrected chi connectivity index (χ2v) is 7.26. The lowest BCUT2D eigenvalue weighted by Gasteiger charge is -2.20. The molecule has 5 heteroatoms. The van der Waals surface area contributed by atoms with Gasteiger partial charge in [0, 0.05) is 7.11 Å². The molecule has 3 aromatic carbocycles. The standard InChI is InChI=1S/C14H22O3.2C7H8O/c1-4-14(17-12(2)15-3)11-16-10-13-8-6-5-7-9-13;2*8-6-7-4-2-1-3-5-7/h5-9,12,14H,4,10-11H2,1-3H3;2*1-5,8H,6H2. The summed E-state index contributed by atoms with van der Waals surface area (Å²) in [4.78, 5) is 0. The van der Waals surface area contributed by atoms with Gasteiger partial charge >= 0.3 is 0 Å². The van der Waals surface area contributed by atoms with Crippen LogP contribution in [0.2, 0.25) is 0 Å². The molecular weight excluding hydrogens is 416 g/mol. The molecule has 0 fully saturated rings. The van der Waals surface area contributed by atoms with E-state index in [1.54, 1.807) is 7.11 Å². The highest BCUT2D eigenvalue weighted by atomic mass is 16.7. The van der Waals surface area contributed by atoms with Crippen LogP contribution in [0.5, 0.6) is 0 Å². The summed E-state index contributed by atoms with van der Waals surface area (Å²) >= 11 is 0. The van der Waals surface area contributed by atoms with Crippen LogP contribution in [0, 0.1) is 0 Å². The van der Waals surface area contributed by atoms with Crippen LogP contribution < -0.4 is 0 Å². The van der Waals surface area contributed by atoms with Crippen LogP contribution in [-0.2, 0) is 34.0 Å². The Balaban J connectivity index is 0.000000281. The second-order valence-electron chi connectivity index (χ2n) is 7.26. The van der Waals surface area contributed by atoms with Gasteiger partial charge in [-0.1, -0.05) is 97.9 Å². The van der Waals surface area contributed by atoms with Gasteiger partial charge in [-0.2, -0.15) is 0 Å². The first-order valence-electron chi connectivity index (χ1n) is 11.2. The molecule has 0 amide bonds. The molecule has 0 aliphatic heterocycles. The lowest BCUT2D eigenvalue weighted by Crippen LogP contribution is -2.25. The fourth-order valence-electron chi connectivity index (χ4n) is 2.63. The summed E-state index contributed by atoms with van der Waals surface area (Å²) in [7, 11) is 1.64. The molecule has 0 saturated carbocycles. The van der Waals surface area contributed by atoms with Crippen LogP contribution in [0.4, 0.5) is 0 Å². The van der Waals surface area contributed by atoms with Gasteiger partial charge in [0.2, 0.25) is 0 Å². The minimum absolute atomic E-state index is 0.0914. The Bertz CT molecular complexity index is 757. The summed E-state index contributed by atoms with van der Waals surface area (Å²) in [5, 5.41) is 17.1. The molecule has 0 bridgehead atoms. The quantitative estimate of drug-likeness (QED) is 0.404. The van der Waals surface area contributed by atoms with Gasteiger partial charge < -0.3 is 24.4 Å². The van der Waals surface area contributed by atoms with E-state index < -0.39 is 0 Å². The molecule has 0 saturated heterocycles. The highest BCUT2D eigenvalue weighted by Crippen LogP contribution is 2.07. The molecule has 0 heterocycles. The van der Waals surface area contributed by atoms with E-state index in [1.165, 1.54) is 5.56 Å². The number of benzene rings is 3.